The van der Waals surface area contributed by atoms with Crippen LogP contribution in [-0.2, 0) is 16.1 Å². The highest BCUT2D eigenvalue weighted by Gasteiger charge is 2.39. The number of benzene rings is 2. The standard InChI is InChI=1S/C21H20N2O5/c24-21(28-12-15-5-2-1-3-6-15)22-19-10-17(11-20(22)14-27-13-19)16-7-4-8-18(9-16)23(25)26/h1-10,19-20H,11-14H2. The van der Waals surface area contributed by atoms with E-state index in [-0.39, 0.29) is 30.5 Å². The van der Waals surface area contributed by atoms with E-state index in [2.05, 4.69) is 0 Å². The second-order valence-electron chi connectivity index (χ2n) is 6.91. The summed E-state index contributed by atoms with van der Waals surface area (Å²) in [6.45, 7) is 1.02. The first-order chi connectivity index (χ1) is 13.6. The first-order valence-corrected chi connectivity index (χ1v) is 9.14. The van der Waals surface area contributed by atoms with Gasteiger partial charge in [-0.15, -0.1) is 0 Å². The number of hydrogen-bond acceptors (Lipinski definition) is 5. The predicted octanol–water partition coefficient (Wildman–Crippen LogP) is 3.79. The van der Waals surface area contributed by atoms with Gasteiger partial charge in [0.2, 0.25) is 0 Å². The van der Waals surface area contributed by atoms with Gasteiger partial charge in [-0.1, -0.05) is 48.5 Å². The Balaban J connectivity index is 1.52. The van der Waals surface area contributed by atoms with E-state index >= 15 is 0 Å². The summed E-state index contributed by atoms with van der Waals surface area (Å²) in [5, 5.41) is 11.1. The van der Waals surface area contributed by atoms with Crippen LogP contribution < -0.4 is 0 Å². The van der Waals surface area contributed by atoms with E-state index in [0.717, 1.165) is 16.7 Å². The zero-order valence-corrected chi connectivity index (χ0v) is 15.2. The molecule has 144 valence electrons. The van der Waals surface area contributed by atoms with Crippen LogP contribution in [0.25, 0.3) is 5.57 Å². The summed E-state index contributed by atoms with van der Waals surface area (Å²) in [7, 11) is 0. The molecule has 2 atom stereocenters. The van der Waals surface area contributed by atoms with Gasteiger partial charge in [0.1, 0.15) is 6.61 Å². The van der Waals surface area contributed by atoms with E-state index in [4.69, 9.17) is 9.47 Å². The fraction of sp³-hybridized carbons (Fsp3) is 0.286. The number of nitro groups is 1. The fourth-order valence-electron chi connectivity index (χ4n) is 3.71. The number of morpholine rings is 1. The molecule has 0 aliphatic carbocycles. The molecule has 7 heteroatoms. The first-order valence-electron chi connectivity index (χ1n) is 9.14. The van der Waals surface area contributed by atoms with Crippen molar-refractivity contribution in [1.82, 2.24) is 4.90 Å². The van der Waals surface area contributed by atoms with Crippen molar-refractivity contribution >= 4 is 17.4 Å². The molecule has 2 unspecified atom stereocenters. The molecule has 2 aromatic rings. The van der Waals surface area contributed by atoms with Gasteiger partial charge in [0.25, 0.3) is 5.69 Å². The van der Waals surface area contributed by atoms with Gasteiger partial charge in [-0.05, 0) is 23.1 Å². The smallest absolute Gasteiger partial charge is 0.411 e. The SMILES string of the molecule is O=C(OCc1ccccc1)N1C2C=C(c3cccc([N+](=O)[O-])c3)CC1COC2. The molecule has 1 fully saturated rings. The highest BCUT2D eigenvalue weighted by atomic mass is 16.6. The van der Waals surface area contributed by atoms with Gasteiger partial charge in [0.15, 0.2) is 0 Å². The molecule has 2 heterocycles. The first kappa shape index (κ1) is 18.2. The molecule has 0 saturated carbocycles. The monoisotopic (exact) mass is 380 g/mol. The van der Waals surface area contributed by atoms with E-state index < -0.39 is 4.92 Å². The third kappa shape index (κ3) is 3.75. The van der Waals surface area contributed by atoms with Crippen LogP contribution in [0, 0.1) is 10.1 Å². The van der Waals surface area contributed by atoms with E-state index in [1.165, 1.54) is 6.07 Å². The second-order valence-corrected chi connectivity index (χ2v) is 6.91. The summed E-state index contributed by atoms with van der Waals surface area (Å²) >= 11 is 0. The van der Waals surface area contributed by atoms with E-state index in [1.54, 1.807) is 17.0 Å². The Labute approximate surface area is 162 Å². The molecule has 7 nitrogen and oxygen atoms in total. The number of amides is 1. The van der Waals surface area contributed by atoms with Gasteiger partial charge in [0.05, 0.1) is 30.2 Å². The Bertz CT molecular complexity index is 912. The topological polar surface area (TPSA) is 81.9 Å². The third-order valence-electron chi connectivity index (χ3n) is 5.04. The number of carbonyl (C=O) groups is 1. The molecule has 0 spiro atoms. The lowest BCUT2D eigenvalue weighted by molar-refractivity contribution is -0.384. The normalized spacial score (nSPS) is 21.0. The lowest BCUT2D eigenvalue weighted by Crippen LogP contribution is -2.56. The number of rotatable bonds is 4. The zero-order chi connectivity index (χ0) is 19.5. The van der Waals surface area contributed by atoms with Gasteiger partial charge in [-0.3, -0.25) is 15.0 Å². The van der Waals surface area contributed by atoms with Crippen molar-refractivity contribution in [3.8, 4) is 0 Å². The number of carbonyl (C=O) groups excluding carboxylic acids is 1. The molecule has 28 heavy (non-hydrogen) atoms. The molecule has 1 saturated heterocycles. The minimum Gasteiger partial charge on any atom is -0.445 e. The van der Waals surface area contributed by atoms with Crippen LogP contribution in [0.15, 0.2) is 60.7 Å². The van der Waals surface area contributed by atoms with Crippen LogP contribution in [0.2, 0.25) is 0 Å². The third-order valence-corrected chi connectivity index (χ3v) is 5.04. The highest BCUT2D eigenvalue weighted by molar-refractivity contribution is 5.75. The maximum atomic E-state index is 12.7. The zero-order valence-electron chi connectivity index (χ0n) is 15.2. The van der Waals surface area contributed by atoms with Crippen molar-refractivity contribution in [1.29, 1.82) is 0 Å². The average Bonchev–Trinajstić information content (AvgIpc) is 2.72. The lowest BCUT2D eigenvalue weighted by Gasteiger charge is -2.43. The van der Waals surface area contributed by atoms with Gasteiger partial charge in [0, 0.05) is 12.1 Å². The Morgan fingerprint density at radius 3 is 2.75 bits per heavy atom. The van der Waals surface area contributed by atoms with Crippen molar-refractivity contribution < 1.29 is 19.2 Å². The minimum atomic E-state index is -0.399. The number of nitro benzene ring substituents is 1. The van der Waals surface area contributed by atoms with Crippen molar-refractivity contribution in [2.24, 2.45) is 0 Å². The van der Waals surface area contributed by atoms with Gasteiger partial charge >= 0.3 is 6.09 Å². The maximum absolute atomic E-state index is 12.7. The molecule has 1 amide bonds. The second kappa shape index (κ2) is 7.82. The molecule has 2 aromatic carbocycles. The Kier molecular flexibility index (Phi) is 5.08. The Hall–Kier alpha value is -3.19. The van der Waals surface area contributed by atoms with Crippen LogP contribution in [0.4, 0.5) is 10.5 Å². The van der Waals surface area contributed by atoms with Gasteiger partial charge in [-0.2, -0.15) is 0 Å². The van der Waals surface area contributed by atoms with E-state index in [1.807, 2.05) is 42.5 Å². The molecule has 2 aliphatic rings. The van der Waals surface area contributed by atoms with Crippen molar-refractivity contribution in [2.75, 3.05) is 13.2 Å². The molecular formula is C21H20N2O5. The Morgan fingerprint density at radius 1 is 1.18 bits per heavy atom. The van der Waals surface area contributed by atoms with Crippen molar-refractivity contribution in [2.45, 2.75) is 25.1 Å². The highest BCUT2D eigenvalue weighted by Crippen LogP contribution is 2.34. The summed E-state index contributed by atoms with van der Waals surface area (Å²) in [5.74, 6) is 0. The molecular weight excluding hydrogens is 360 g/mol. The van der Waals surface area contributed by atoms with Crippen molar-refractivity contribution in [3.63, 3.8) is 0 Å². The summed E-state index contributed by atoms with van der Waals surface area (Å²) in [6, 6.07) is 15.7. The molecule has 0 aromatic heterocycles. The average molecular weight is 380 g/mol. The summed E-state index contributed by atoms with van der Waals surface area (Å²) < 4.78 is 11.1. The van der Waals surface area contributed by atoms with Crippen LogP contribution in [0.1, 0.15) is 17.5 Å². The van der Waals surface area contributed by atoms with Crippen LogP contribution >= 0.6 is 0 Å². The maximum Gasteiger partial charge on any atom is 0.411 e. The van der Waals surface area contributed by atoms with Crippen LogP contribution in [0.3, 0.4) is 0 Å². The molecule has 0 N–H and O–H groups in total. The fourth-order valence-corrected chi connectivity index (χ4v) is 3.71. The number of nitrogens with zero attached hydrogens (tertiary/aromatic N) is 2. The molecule has 2 aliphatic heterocycles. The number of ether oxygens (including phenoxy) is 2. The van der Waals surface area contributed by atoms with E-state index in [0.29, 0.717) is 19.6 Å². The Morgan fingerprint density at radius 2 is 2.00 bits per heavy atom. The van der Waals surface area contributed by atoms with E-state index in [9.17, 15) is 14.9 Å². The number of fused-ring (bicyclic) bond motifs is 2. The summed E-state index contributed by atoms with van der Waals surface area (Å²) in [5.41, 5.74) is 2.80. The summed E-state index contributed by atoms with van der Waals surface area (Å²) in [6.07, 6.45) is 2.16. The van der Waals surface area contributed by atoms with Gasteiger partial charge in [-0.25, -0.2) is 4.79 Å². The van der Waals surface area contributed by atoms with Gasteiger partial charge < -0.3 is 9.47 Å². The largest absolute Gasteiger partial charge is 0.445 e. The van der Waals surface area contributed by atoms with Crippen molar-refractivity contribution in [3.05, 3.63) is 81.9 Å². The predicted molar refractivity (Wildman–Crippen MR) is 103 cm³/mol. The number of non-ortho nitro benzene ring substituents is 1. The summed E-state index contributed by atoms with van der Waals surface area (Å²) in [4.78, 5) is 25.1. The minimum absolute atomic E-state index is 0.0597. The van der Waals surface area contributed by atoms with Crippen LogP contribution in [0.5, 0.6) is 0 Å². The quantitative estimate of drug-likeness (QED) is 0.595. The molecule has 4 rings (SSSR count). The number of hydrogen-bond donors (Lipinski definition) is 0. The molecule has 0 radical (unpaired) electrons. The molecule has 2 bridgehead atoms. The lowest BCUT2D eigenvalue weighted by atomic mass is 9.90. The van der Waals surface area contributed by atoms with Crippen LogP contribution in [-0.4, -0.2) is 41.2 Å².